The summed E-state index contributed by atoms with van der Waals surface area (Å²) in [6.45, 7) is 4.48. The zero-order valence-electron chi connectivity index (χ0n) is 12.6. The Hall–Kier alpha value is -0.130. The minimum atomic E-state index is -2.85. The van der Waals surface area contributed by atoms with Crippen LogP contribution in [0.15, 0.2) is 0 Å². The molecule has 1 fully saturated rings. The van der Waals surface area contributed by atoms with Gasteiger partial charge in [-0.2, -0.15) is 0 Å². The third-order valence-corrected chi connectivity index (χ3v) is 6.04. The summed E-state index contributed by atoms with van der Waals surface area (Å²) >= 11 is 0. The Balaban J connectivity index is 2.56. The predicted molar refractivity (Wildman–Crippen MR) is 79.2 cm³/mol. The predicted octanol–water partition coefficient (Wildman–Crippen LogP) is 2.14. The SMILES string of the molecule is CCOC1(C(CCCS(=O)(=O)CC)NC)CCCC1. The van der Waals surface area contributed by atoms with Crippen LogP contribution in [0.25, 0.3) is 0 Å². The van der Waals surface area contributed by atoms with E-state index in [9.17, 15) is 8.42 Å². The second kappa shape index (κ2) is 7.60. The Morgan fingerprint density at radius 2 is 1.89 bits per heavy atom. The summed E-state index contributed by atoms with van der Waals surface area (Å²) in [5.41, 5.74) is -0.0700. The van der Waals surface area contributed by atoms with Crippen molar-refractivity contribution in [2.45, 2.75) is 64.0 Å². The molecule has 0 aliphatic heterocycles. The summed E-state index contributed by atoms with van der Waals surface area (Å²) in [4.78, 5) is 0. The number of hydrogen-bond donors (Lipinski definition) is 1. The van der Waals surface area contributed by atoms with Gasteiger partial charge in [0.05, 0.1) is 11.4 Å². The number of rotatable bonds is 9. The van der Waals surface area contributed by atoms with Crippen molar-refractivity contribution in [3.8, 4) is 0 Å². The molecule has 1 saturated carbocycles. The first-order valence-electron chi connectivity index (χ1n) is 7.51. The number of hydrogen-bond acceptors (Lipinski definition) is 4. The van der Waals surface area contributed by atoms with Crippen molar-refractivity contribution in [3.63, 3.8) is 0 Å². The molecule has 0 amide bonds. The molecule has 0 bridgehead atoms. The molecule has 19 heavy (non-hydrogen) atoms. The van der Waals surface area contributed by atoms with Crippen molar-refractivity contribution in [1.29, 1.82) is 0 Å². The fourth-order valence-corrected chi connectivity index (χ4v) is 4.07. The lowest BCUT2D eigenvalue weighted by atomic mass is 9.89. The molecule has 1 unspecified atom stereocenters. The maximum atomic E-state index is 11.5. The van der Waals surface area contributed by atoms with Gasteiger partial charge in [-0.15, -0.1) is 0 Å². The van der Waals surface area contributed by atoms with Crippen LogP contribution in [0, 0.1) is 0 Å². The molecule has 5 heteroatoms. The number of ether oxygens (including phenoxy) is 1. The maximum absolute atomic E-state index is 11.5. The van der Waals surface area contributed by atoms with Gasteiger partial charge in [-0.3, -0.25) is 0 Å². The first-order chi connectivity index (χ1) is 8.99. The molecule has 1 atom stereocenters. The smallest absolute Gasteiger partial charge is 0.150 e. The second-order valence-electron chi connectivity index (χ2n) is 5.42. The minimum Gasteiger partial charge on any atom is -0.374 e. The van der Waals surface area contributed by atoms with Gasteiger partial charge < -0.3 is 10.1 Å². The van der Waals surface area contributed by atoms with Gasteiger partial charge in [0.2, 0.25) is 0 Å². The monoisotopic (exact) mass is 291 g/mol. The largest absolute Gasteiger partial charge is 0.374 e. The third-order valence-electron chi connectivity index (χ3n) is 4.25. The third kappa shape index (κ3) is 4.72. The van der Waals surface area contributed by atoms with Gasteiger partial charge in [-0.1, -0.05) is 19.8 Å². The fourth-order valence-electron chi connectivity index (χ4n) is 3.18. The van der Waals surface area contributed by atoms with Crippen molar-refractivity contribution in [1.82, 2.24) is 5.32 Å². The van der Waals surface area contributed by atoms with Crippen LogP contribution in [0.3, 0.4) is 0 Å². The fraction of sp³-hybridized carbons (Fsp3) is 1.00. The quantitative estimate of drug-likeness (QED) is 0.707. The molecule has 114 valence electrons. The maximum Gasteiger partial charge on any atom is 0.150 e. The standard InChI is InChI=1S/C14H29NO3S/c1-4-18-14(10-6-7-11-14)13(15-3)9-8-12-19(16,17)5-2/h13,15H,4-12H2,1-3H3. The average molecular weight is 291 g/mol. The van der Waals surface area contributed by atoms with E-state index in [0.29, 0.717) is 5.75 Å². The highest BCUT2D eigenvalue weighted by Crippen LogP contribution is 2.37. The van der Waals surface area contributed by atoms with Crippen molar-refractivity contribution < 1.29 is 13.2 Å². The minimum absolute atomic E-state index is 0.0700. The first-order valence-corrected chi connectivity index (χ1v) is 9.33. The number of sulfone groups is 1. The highest BCUT2D eigenvalue weighted by molar-refractivity contribution is 7.91. The van der Waals surface area contributed by atoms with Gasteiger partial charge in [0.25, 0.3) is 0 Å². The summed E-state index contributed by atoms with van der Waals surface area (Å²) < 4.78 is 29.1. The number of likely N-dealkylation sites (N-methyl/N-ethyl adjacent to an activating group) is 1. The first kappa shape index (κ1) is 16.9. The van der Waals surface area contributed by atoms with E-state index in [0.717, 1.165) is 32.3 Å². The van der Waals surface area contributed by atoms with Gasteiger partial charge in [0.15, 0.2) is 0 Å². The van der Waals surface area contributed by atoms with Crippen LogP contribution in [0.4, 0.5) is 0 Å². The molecule has 1 aliphatic carbocycles. The summed E-state index contributed by atoms with van der Waals surface area (Å²) in [6, 6.07) is 0.266. The Kier molecular flexibility index (Phi) is 6.77. The molecular weight excluding hydrogens is 262 g/mol. The molecule has 0 aromatic rings. The summed E-state index contributed by atoms with van der Waals surface area (Å²) in [5, 5.41) is 3.35. The van der Waals surface area contributed by atoms with Crippen LogP contribution >= 0.6 is 0 Å². The van der Waals surface area contributed by atoms with E-state index in [1.54, 1.807) is 6.92 Å². The van der Waals surface area contributed by atoms with E-state index >= 15 is 0 Å². The van der Waals surface area contributed by atoms with Crippen LogP contribution in [0.2, 0.25) is 0 Å². The zero-order chi connectivity index (χ0) is 14.4. The normalized spacial score (nSPS) is 20.6. The van der Waals surface area contributed by atoms with Gasteiger partial charge in [-0.25, -0.2) is 8.42 Å². The van der Waals surface area contributed by atoms with E-state index in [1.807, 2.05) is 14.0 Å². The highest BCUT2D eigenvalue weighted by Gasteiger charge is 2.41. The van der Waals surface area contributed by atoms with Crippen molar-refractivity contribution in [2.75, 3.05) is 25.2 Å². The van der Waals surface area contributed by atoms with E-state index in [4.69, 9.17) is 4.74 Å². The molecule has 4 nitrogen and oxygen atoms in total. The lowest BCUT2D eigenvalue weighted by Crippen LogP contribution is -2.50. The highest BCUT2D eigenvalue weighted by atomic mass is 32.2. The summed E-state index contributed by atoms with van der Waals surface area (Å²) in [6.07, 6.45) is 6.20. The molecule has 0 radical (unpaired) electrons. The van der Waals surface area contributed by atoms with E-state index < -0.39 is 9.84 Å². The van der Waals surface area contributed by atoms with Gasteiger partial charge in [0.1, 0.15) is 9.84 Å². The lowest BCUT2D eigenvalue weighted by Gasteiger charge is -2.37. The van der Waals surface area contributed by atoms with Crippen molar-refractivity contribution in [2.24, 2.45) is 0 Å². The van der Waals surface area contributed by atoms with Crippen LogP contribution in [0.1, 0.15) is 52.4 Å². The number of nitrogens with one attached hydrogen (secondary N) is 1. The molecule has 0 saturated heterocycles. The average Bonchev–Trinajstić information content (AvgIpc) is 2.84. The van der Waals surface area contributed by atoms with Crippen molar-refractivity contribution >= 4 is 9.84 Å². The summed E-state index contributed by atoms with van der Waals surface area (Å²) in [5.74, 6) is 0.539. The molecular formula is C14H29NO3S. The van der Waals surface area contributed by atoms with Gasteiger partial charge in [-0.05, 0) is 39.7 Å². The molecule has 1 rings (SSSR count). The Bertz CT molecular complexity index is 348. The van der Waals surface area contributed by atoms with Crippen LogP contribution in [0.5, 0.6) is 0 Å². The molecule has 1 N–H and O–H groups in total. The van der Waals surface area contributed by atoms with E-state index in [1.165, 1.54) is 12.8 Å². The van der Waals surface area contributed by atoms with E-state index in [2.05, 4.69) is 5.32 Å². The Labute approximate surface area is 118 Å². The Morgan fingerprint density at radius 3 is 2.37 bits per heavy atom. The molecule has 0 aromatic heterocycles. The van der Waals surface area contributed by atoms with Gasteiger partial charge in [0, 0.05) is 18.4 Å². The van der Waals surface area contributed by atoms with Crippen molar-refractivity contribution in [3.05, 3.63) is 0 Å². The molecule has 0 heterocycles. The van der Waals surface area contributed by atoms with Crippen LogP contribution in [-0.2, 0) is 14.6 Å². The van der Waals surface area contributed by atoms with Crippen LogP contribution < -0.4 is 5.32 Å². The topological polar surface area (TPSA) is 55.4 Å². The lowest BCUT2D eigenvalue weighted by molar-refractivity contribution is -0.0616. The molecule has 1 aliphatic rings. The zero-order valence-corrected chi connectivity index (χ0v) is 13.4. The van der Waals surface area contributed by atoms with E-state index in [-0.39, 0.29) is 17.4 Å². The summed E-state index contributed by atoms with van der Waals surface area (Å²) in [7, 11) is -0.891. The van der Waals surface area contributed by atoms with Crippen LogP contribution in [-0.4, -0.2) is 45.2 Å². The molecule has 0 spiro atoms. The van der Waals surface area contributed by atoms with Gasteiger partial charge >= 0.3 is 0 Å². The second-order valence-corrected chi connectivity index (χ2v) is 7.90. The Morgan fingerprint density at radius 1 is 1.26 bits per heavy atom. The molecule has 0 aromatic carbocycles.